The predicted molar refractivity (Wildman–Crippen MR) is 106 cm³/mol. The van der Waals surface area contributed by atoms with Crippen molar-refractivity contribution in [3.63, 3.8) is 0 Å². The third-order valence-electron chi connectivity index (χ3n) is 4.78. The fraction of sp³-hybridized carbons (Fsp3) is 0.182. The first-order valence-electron chi connectivity index (χ1n) is 8.97. The summed E-state index contributed by atoms with van der Waals surface area (Å²) in [6, 6.07) is 17.6. The second-order valence-corrected chi connectivity index (χ2v) is 6.56. The highest BCUT2D eigenvalue weighted by atomic mass is 16.5. The lowest BCUT2D eigenvalue weighted by molar-refractivity contribution is 0.0999. The van der Waals surface area contributed by atoms with E-state index in [1.165, 1.54) is 0 Å². The highest BCUT2D eigenvalue weighted by molar-refractivity contribution is 5.98. The molecular weight excluding hydrogens is 338 g/mol. The molecule has 1 aliphatic rings. The summed E-state index contributed by atoms with van der Waals surface area (Å²) in [5, 5.41) is 3.06. The van der Waals surface area contributed by atoms with Crippen molar-refractivity contribution in [2.75, 3.05) is 20.2 Å². The minimum Gasteiger partial charge on any atom is -0.492 e. The summed E-state index contributed by atoms with van der Waals surface area (Å²) >= 11 is 0. The zero-order valence-electron chi connectivity index (χ0n) is 15.2. The van der Waals surface area contributed by atoms with Crippen molar-refractivity contribution in [3.05, 3.63) is 71.3 Å². The molecule has 1 amide bonds. The fourth-order valence-corrected chi connectivity index (χ4v) is 3.45. The molecule has 0 fully saturated rings. The summed E-state index contributed by atoms with van der Waals surface area (Å²) in [6.07, 6.45) is 0.633. The molecule has 0 spiro atoms. The standard InChI is InChI=1S/C22H21N3O2/c1-24-9-10-27-16-7-8-17-15(11-16)12-18-19(22(23)26)13-20(25-21(17)18)14-5-3-2-4-6-14/h2-8,11,13,24H,9-10,12H2,1H3,(H2,23,26). The van der Waals surface area contributed by atoms with E-state index in [1.807, 2.05) is 55.6 Å². The van der Waals surface area contributed by atoms with Crippen LogP contribution in [-0.4, -0.2) is 31.1 Å². The zero-order valence-corrected chi connectivity index (χ0v) is 15.2. The van der Waals surface area contributed by atoms with E-state index in [4.69, 9.17) is 15.5 Å². The first-order valence-corrected chi connectivity index (χ1v) is 8.97. The largest absolute Gasteiger partial charge is 0.492 e. The molecule has 3 N–H and O–H groups in total. The normalized spacial score (nSPS) is 11.7. The quantitative estimate of drug-likeness (QED) is 0.519. The van der Waals surface area contributed by atoms with Gasteiger partial charge < -0.3 is 15.8 Å². The van der Waals surface area contributed by atoms with E-state index >= 15 is 0 Å². The van der Waals surface area contributed by atoms with E-state index in [2.05, 4.69) is 5.32 Å². The Kier molecular flexibility index (Phi) is 4.60. The van der Waals surface area contributed by atoms with Gasteiger partial charge in [0.2, 0.25) is 5.91 Å². The molecule has 27 heavy (non-hydrogen) atoms. The monoisotopic (exact) mass is 359 g/mol. The Balaban J connectivity index is 1.77. The molecule has 5 heteroatoms. The van der Waals surface area contributed by atoms with Crippen LogP contribution in [0.15, 0.2) is 54.6 Å². The van der Waals surface area contributed by atoms with Crippen molar-refractivity contribution >= 4 is 5.91 Å². The molecule has 1 heterocycles. The van der Waals surface area contributed by atoms with Gasteiger partial charge in [-0.25, -0.2) is 4.98 Å². The first kappa shape index (κ1) is 17.2. The van der Waals surface area contributed by atoms with Gasteiger partial charge in [0.15, 0.2) is 0 Å². The Labute approximate surface area is 158 Å². The molecule has 136 valence electrons. The van der Waals surface area contributed by atoms with Crippen molar-refractivity contribution < 1.29 is 9.53 Å². The van der Waals surface area contributed by atoms with Crippen molar-refractivity contribution in [1.82, 2.24) is 10.3 Å². The average molecular weight is 359 g/mol. The third-order valence-corrected chi connectivity index (χ3v) is 4.78. The van der Waals surface area contributed by atoms with Crippen LogP contribution in [0, 0.1) is 0 Å². The molecule has 0 bridgehead atoms. The number of rotatable bonds is 6. The lowest BCUT2D eigenvalue weighted by atomic mass is 10.0. The van der Waals surface area contributed by atoms with Gasteiger partial charge in [-0.3, -0.25) is 4.79 Å². The molecule has 3 aromatic rings. The number of primary amides is 1. The van der Waals surface area contributed by atoms with Gasteiger partial charge in [0.1, 0.15) is 12.4 Å². The van der Waals surface area contributed by atoms with Gasteiger partial charge in [0, 0.05) is 29.7 Å². The number of nitrogens with two attached hydrogens (primary N) is 1. The molecule has 5 nitrogen and oxygen atoms in total. The van der Waals surface area contributed by atoms with Gasteiger partial charge in [0.05, 0.1) is 11.4 Å². The summed E-state index contributed by atoms with van der Waals surface area (Å²) in [4.78, 5) is 17.0. The molecule has 0 atom stereocenters. The van der Waals surface area contributed by atoms with E-state index in [0.717, 1.165) is 45.9 Å². The molecule has 0 radical (unpaired) electrons. The number of fused-ring (bicyclic) bond motifs is 3. The molecule has 0 unspecified atom stereocenters. The van der Waals surface area contributed by atoms with Gasteiger partial charge >= 0.3 is 0 Å². The van der Waals surface area contributed by atoms with Gasteiger partial charge in [-0.05, 0) is 42.4 Å². The number of hydrogen-bond acceptors (Lipinski definition) is 4. The van der Waals surface area contributed by atoms with E-state index in [1.54, 1.807) is 6.07 Å². The number of nitrogens with one attached hydrogen (secondary N) is 1. The number of nitrogens with zero attached hydrogens (tertiary/aromatic N) is 1. The molecule has 0 saturated heterocycles. The molecule has 1 aliphatic carbocycles. The number of pyridine rings is 1. The van der Waals surface area contributed by atoms with E-state index in [0.29, 0.717) is 18.6 Å². The summed E-state index contributed by atoms with van der Waals surface area (Å²) in [6.45, 7) is 1.39. The second kappa shape index (κ2) is 7.21. The van der Waals surface area contributed by atoms with E-state index in [9.17, 15) is 4.79 Å². The lowest BCUT2D eigenvalue weighted by Crippen LogP contribution is -2.15. The number of ether oxygens (including phenoxy) is 1. The van der Waals surface area contributed by atoms with Crippen molar-refractivity contribution in [2.45, 2.75) is 6.42 Å². The van der Waals surface area contributed by atoms with Gasteiger partial charge in [-0.1, -0.05) is 30.3 Å². The topological polar surface area (TPSA) is 77.2 Å². The SMILES string of the molecule is CNCCOc1ccc2c(c1)Cc1c(C(N)=O)cc(-c3ccccc3)nc1-2. The van der Waals surface area contributed by atoms with Crippen LogP contribution in [0.4, 0.5) is 0 Å². The molecule has 2 aromatic carbocycles. The van der Waals surface area contributed by atoms with Crippen molar-refractivity contribution in [3.8, 4) is 28.3 Å². The van der Waals surface area contributed by atoms with Crippen LogP contribution < -0.4 is 15.8 Å². The number of likely N-dealkylation sites (N-methyl/N-ethyl adjacent to an activating group) is 1. The van der Waals surface area contributed by atoms with Crippen LogP contribution >= 0.6 is 0 Å². The van der Waals surface area contributed by atoms with E-state index in [-0.39, 0.29) is 0 Å². The maximum atomic E-state index is 12.1. The van der Waals surface area contributed by atoms with Gasteiger partial charge in [-0.15, -0.1) is 0 Å². The number of amides is 1. The van der Waals surface area contributed by atoms with E-state index < -0.39 is 5.91 Å². The Morgan fingerprint density at radius 3 is 2.74 bits per heavy atom. The molecule has 0 aliphatic heterocycles. The Bertz CT molecular complexity index is 1000. The maximum absolute atomic E-state index is 12.1. The smallest absolute Gasteiger partial charge is 0.249 e. The maximum Gasteiger partial charge on any atom is 0.249 e. The van der Waals surface area contributed by atoms with Gasteiger partial charge in [0.25, 0.3) is 0 Å². The highest BCUT2D eigenvalue weighted by Crippen LogP contribution is 2.40. The molecule has 0 saturated carbocycles. The van der Waals surface area contributed by atoms with Crippen molar-refractivity contribution in [1.29, 1.82) is 0 Å². The Morgan fingerprint density at radius 1 is 1.19 bits per heavy atom. The minimum absolute atomic E-state index is 0.427. The highest BCUT2D eigenvalue weighted by Gasteiger charge is 2.26. The summed E-state index contributed by atoms with van der Waals surface area (Å²) in [5.74, 6) is 0.393. The van der Waals surface area contributed by atoms with Crippen LogP contribution in [0.3, 0.4) is 0 Å². The number of aromatic nitrogens is 1. The number of carbonyl (C=O) groups is 1. The number of carbonyl (C=O) groups excluding carboxylic acids is 1. The lowest BCUT2D eigenvalue weighted by Gasteiger charge is -2.09. The second-order valence-electron chi connectivity index (χ2n) is 6.56. The van der Waals surface area contributed by atoms with Crippen molar-refractivity contribution in [2.24, 2.45) is 5.73 Å². The van der Waals surface area contributed by atoms with Crippen LogP contribution in [0.5, 0.6) is 5.75 Å². The third kappa shape index (κ3) is 3.29. The van der Waals surface area contributed by atoms with Crippen LogP contribution in [0.25, 0.3) is 22.5 Å². The zero-order chi connectivity index (χ0) is 18.8. The van der Waals surface area contributed by atoms with Crippen LogP contribution in [0.2, 0.25) is 0 Å². The Morgan fingerprint density at radius 2 is 2.00 bits per heavy atom. The predicted octanol–water partition coefficient (Wildman–Crippen LogP) is 3.02. The molecule has 4 rings (SSSR count). The summed E-state index contributed by atoms with van der Waals surface area (Å²) in [7, 11) is 1.89. The summed E-state index contributed by atoms with van der Waals surface area (Å²) < 4.78 is 5.77. The molecular formula is C22H21N3O2. The van der Waals surface area contributed by atoms with Crippen LogP contribution in [-0.2, 0) is 6.42 Å². The molecule has 1 aromatic heterocycles. The number of benzene rings is 2. The minimum atomic E-state index is -0.427. The number of hydrogen-bond donors (Lipinski definition) is 2. The first-order chi connectivity index (χ1) is 13.2. The Hall–Kier alpha value is -3.18. The fourth-order valence-electron chi connectivity index (χ4n) is 3.45. The van der Waals surface area contributed by atoms with Gasteiger partial charge in [-0.2, -0.15) is 0 Å². The van der Waals surface area contributed by atoms with Crippen LogP contribution in [0.1, 0.15) is 21.5 Å². The summed E-state index contributed by atoms with van der Waals surface area (Å²) in [5.41, 5.74) is 11.8. The average Bonchev–Trinajstić information content (AvgIpc) is 3.05.